The second kappa shape index (κ2) is 6.86. The van der Waals surface area contributed by atoms with Crippen molar-refractivity contribution in [3.8, 4) is 0 Å². The number of fused-ring (bicyclic) bond motifs is 7. The molecule has 9 atom stereocenters. The third-order valence-electron chi connectivity index (χ3n) is 13.8. The van der Waals surface area contributed by atoms with Gasteiger partial charge in [0.2, 0.25) is 0 Å². The zero-order chi connectivity index (χ0) is 23.4. The Morgan fingerprint density at radius 2 is 1.38 bits per heavy atom. The first-order valence-electron chi connectivity index (χ1n) is 13.9. The number of Topliss-reactive ketones (excluding diaryl/α,β-unsaturated/α-hetero) is 1. The number of aliphatic hydroxyl groups excluding tert-OH is 1. The fourth-order valence-corrected chi connectivity index (χ4v) is 11.3. The molecule has 182 valence electrons. The molecule has 0 unspecified atom stereocenters. The van der Waals surface area contributed by atoms with Crippen LogP contribution in [0.2, 0.25) is 0 Å². The molecule has 5 aliphatic rings. The van der Waals surface area contributed by atoms with Crippen LogP contribution in [0, 0.1) is 56.2 Å². The molecule has 0 aromatic carbocycles. The summed E-state index contributed by atoms with van der Waals surface area (Å²) in [5.41, 5.74) is 1.78. The summed E-state index contributed by atoms with van der Waals surface area (Å²) in [4.78, 5) is 12.7. The van der Waals surface area contributed by atoms with E-state index in [-0.39, 0.29) is 16.7 Å². The molecule has 0 amide bonds. The number of aliphatic hydroxyl groups is 1. The van der Waals surface area contributed by atoms with E-state index in [1.165, 1.54) is 57.8 Å². The Morgan fingerprint density at radius 3 is 2.06 bits per heavy atom. The van der Waals surface area contributed by atoms with E-state index in [0.29, 0.717) is 45.9 Å². The molecule has 0 radical (unpaired) electrons. The Labute approximate surface area is 197 Å². The third-order valence-corrected chi connectivity index (χ3v) is 13.8. The molecule has 5 fully saturated rings. The molecule has 0 spiro atoms. The van der Waals surface area contributed by atoms with Crippen LogP contribution in [0.5, 0.6) is 0 Å². The first-order valence-corrected chi connectivity index (χ1v) is 13.9. The molecule has 2 heteroatoms. The molecule has 0 saturated heterocycles. The van der Waals surface area contributed by atoms with E-state index < -0.39 is 0 Å². The van der Waals surface area contributed by atoms with E-state index in [9.17, 15) is 9.90 Å². The lowest BCUT2D eigenvalue weighted by Crippen LogP contribution is -2.68. The highest BCUT2D eigenvalue weighted by molar-refractivity contribution is 5.82. The second-order valence-electron chi connectivity index (χ2n) is 15.2. The summed E-state index contributed by atoms with van der Waals surface area (Å²) in [6.07, 6.45) is 13.4. The van der Waals surface area contributed by atoms with Crippen molar-refractivity contribution in [3.05, 3.63) is 0 Å². The van der Waals surface area contributed by atoms with E-state index in [4.69, 9.17) is 0 Å². The molecular weight excluding hydrogens is 392 g/mol. The van der Waals surface area contributed by atoms with Crippen LogP contribution in [0.25, 0.3) is 0 Å². The Morgan fingerprint density at radius 1 is 0.750 bits per heavy atom. The maximum atomic E-state index is 12.7. The molecule has 5 rings (SSSR count). The SMILES string of the molecule is C[C@H]1C(=O)CC[C@@H]2[C@]1(C)CC[C@H]1[C@@]2(C)CC[C@@]2(C)[C@H]3CC(C)(C)CC[C@]3(CO)CC[C@]12C. The van der Waals surface area contributed by atoms with E-state index in [1.54, 1.807) is 0 Å². The summed E-state index contributed by atoms with van der Waals surface area (Å²) in [7, 11) is 0. The normalized spacial score (nSPS) is 57.1. The summed E-state index contributed by atoms with van der Waals surface area (Å²) in [6, 6.07) is 0. The zero-order valence-corrected chi connectivity index (χ0v) is 22.2. The number of carbonyl (C=O) groups excluding carboxylic acids is 1. The largest absolute Gasteiger partial charge is 0.396 e. The van der Waals surface area contributed by atoms with Crippen LogP contribution >= 0.6 is 0 Å². The van der Waals surface area contributed by atoms with Crippen LogP contribution in [-0.4, -0.2) is 17.5 Å². The molecule has 5 aliphatic carbocycles. The van der Waals surface area contributed by atoms with Gasteiger partial charge in [0, 0.05) is 18.9 Å². The average molecular weight is 443 g/mol. The van der Waals surface area contributed by atoms with Crippen LogP contribution < -0.4 is 0 Å². The number of carbonyl (C=O) groups is 1. The Balaban J connectivity index is 1.55. The lowest BCUT2D eigenvalue weighted by molar-refractivity contribution is -0.263. The quantitative estimate of drug-likeness (QED) is 0.458. The van der Waals surface area contributed by atoms with Crippen molar-refractivity contribution in [3.63, 3.8) is 0 Å². The van der Waals surface area contributed by atoms with Crippen LogP contribution in [0.4, 0.5) is 0 Å². The number of hydrogen-bond donors (Lipinski definition) is 1. The van der Waals surface area contributed by atoms with Gasteiger partial charge >= 0.3 is 0 Å². The summed E-state index contributed by atoms with van der Waals surface area (Å²) >= 11 is 0. The molecule has 0 aromatic heterocycles. The molecule has 0 bridgehead atoms. The van der Waals surface area contributed by atoms with E-state index in [0.717, 1.165) is 18.8 Å². The molecule has 0 aliphatic heterocycles. The van der Waals surface area contributed by atoms with Crippen LogP contribution in [0.15, 0.2) is 0 Å². The molecular formula is C30H50O2. The number of hydrogen-bond acceptors (Lipinski definition) is 2. The smallest absolute Gasteiger partial charge is 0.136 e. The van der Waals surface area contributed by atoms with E-state index in [1.807, 2.05) is 0 Å². The van der Waals surface area contributed by atoms with Gasteiger partial charge in [-0.15, -0.1) is 0 Å². The molecule has 32 heavy (non-hydrogen) atoms. The monoisotopic (exact) mass is 442 g/mol. The van der Waals surface area contributed by atoms with Gasteiger partial charge in [0.15, 0.2) is 0 Å². The van der Waals surface area contributed by atoms with Gasteiger partial charge in [-0.2, -0.15) is 0 Å². The average Bonchev–Trinajstić information content (AvgIpc) is 2.73. The van der Waals surface area contributed by atoms with Crippen molar-refractivity contribution in [1.29, 1.82) is 0 Å². The van der Waals surface area contributed by atoms with Gasteiger partial charge in [-0.25, -0.2) is 0 Å². The third kappa shape index (κ3) is 2.71. The molecule has 2 nitrogen and oxygen atoms in total. The second-order valence-corrected chi connectivity index (χ2v) is 15.2. The zero-order valence-electron chi connectivity index (χ0n) is 22.2. The minimum atomic E-state index is 0.159. The highest BCUT2D eigenvalue weighted by Gasteiger charge is 2.71. The highest BCUT2D eigenvalue weighted by atomic mass is 16.3. The Kier molecular flexibility index (Phi) is 5.01. The van der Waals surface area contributed by atoms with Crippen molar-refractivity contribution in [2.24, 2.45) is 56.2 Å². The summed E-state index contributed by atoms with van der Waals surface area (Å²) in [6.45, 7) is 18.0. The van der Waals surface area contributed by atoms with Gasteiger partial charge in [0.25, 0.3) is 0 Å². The number of ketones is 1. The van der Waals surface area contributed by atoms with E-state index in [2.05, 4.69) is 48.5 Å². The molecule has 1 N–H and O–H groups in total. The predicted octanol–water partition coefficient (Wildman–Crippen LogP) is 7.43. The summed E-state index contributed by atoms with van der Waals surface area (Å²) in [5.74, 6) is 2.84. The topological polar surface area (TPSA) is 37.3 Å². The van der Waals surface area contributed by atoms with E-state index >= 15 is 0 Å². The van der Waals surface area contributed by atoms with Gasteiger partial charge < -0.3 is 5.11 Å². The Bertz CT molecular complexity index is 801. The van der Waals surface area contributed by atoms with Gasteiger partial charge in [-0.3, -0.25) is 4.79 Å². The summed E-state index contributed by atoms with van der Waals surface area (Å²) < 4.78 is 0. The van der Waals surface area contributed by atoms with Gasteiger partial charge in [-0.05, 0) is 114 Å². The van der Waals surface area contributed by atoms with Crippen LogP contribution in [-0.2, 0) is 4.79 Å². The lowest BCUT2D eigenvalue weighted by Gasteiger charge is -2.75. The van der Waals surface area contributed by atoms with Crippen molar-refractivity contribution in [2.45, 2.75) is 119 Å². The highest BCUT2D eigenvalue weighted by Crippen LogP contribution is 2.78. The number of rotatable bonds is 1. The summed E-state index contributed by atoms with van der Waals surface area (Å²) in [5, 5.41) is 10.7. The van der Waals surface area contributed by atoms with Crippen LogP contribution in [0.1, 0.15) is 119 Å². The maximum absolute atomic E-state index is 12.7. The molecule has 5 saturated carbocycles. The van der Waals surface area contributed by atoms with Crippen LogP contribution in [0.3, 0.4) is 0 Å². The predicted molar refractivity (Wildman–Crippen MR) is 131 cm³/mol. The maximum Gasteiger partial charge on any atom is 0.136 e. The van der Waals surface area contributed by atoms with Gasteiger partial charge in [-0.1, -0.05) is 48.5 Å². The molecule has 0 aromatic rings. The van der Waals surface area contributed by atoms with Crippen molar-refractivity contribution >= 4 is 5.78 Å². The van der Waals surface area contributed by atoms with Crippen molar-refractivity contribution in [2.75, 3.05) is 6.61 Å². The fraction of sp³-hybridized carbons (Fsp3) is 0.967. The first-order chi connectivity index (χ1) is 14.8. The standard InChI is InChI=1S/C30H50O2/c1-20-21(32)8-9-22-26(20,4)11-10-23-27(22,5)13-14-29(7)24-18-25(2,3)12-16-30(24,19-31)17-15-28(23,29)6/h20,22-24,31H,8-19H2,1-7H3/t20-,22+,23-,24+,26+,27-,28+,29-,30+/m0/s1. The van der Waals surface area contributed by atoms with Crippen molar-refractivity contribution < 1.29 is 9.90 Å². The fourth-order valence-electron chi connectivity index (χ4n) is 11.3. The van der Waals surface area contributed by atoms with Gasteiger partial charge in [0.05, 0.1) is 0 Å². The molecule has 0 heterocycles. The lowest BCUT2D eigenvalue weighted by atomic mass is 9.30. The minimum absolute atomic E-state index is 0.159. The van der Waals surface area contributed by atoms with Crippen molar-refractivity contribution in [1.82, 2.24) is 0 Å². The first kappa shape index (κ1) is 23.4. The minimum Gasteiger partial charge on any atom is -0.396 e. The Hall–Kier alpha value is -0.370. The van der Waals surface area contributed by atoms with Gasteiger partial charge in [0.1, 0.15) is 5.78 Å².